The third-order valence-corrected chi connectivity index (χ3v) is 4.95. The molecule has 1 aliphatic rings. The van der Waals surface area contributed by atoms with Crippen molar-refractivity contribution in [3.8, 4) is 0 Å². The Kier molecular flexibility index (Phi) is 4.83. The average Bonchev–Trinajstić information content (AvgIpc) is 2.71. The summed E-state index contributed by atoms with van der Waals surface area (Å²) in [6, 6.07) is 20.7. The quantitative estimate of drug-likeness (QED) is 0.778. The van der Waals surface area contributed by atoms with Crippen molar-refractivity contribution < 1.29 is 4.79 Å². The molecule has 1 unspecified atom stereocenters. The van der Waals surface area contributed by atoms with Gasteiger partial charge in [0.1, 0.15) is 5.69 Å². The molecule has 0 saturated heterocycles. The second-order valence-electron chi connectivity index (χ2n) is 6.82. The van der Waals surface area contributed by atoms with Crippen LogP contribution in [0.1, 0.15) is 46.1 Å². The van der Waals surface area contributed by atoms with Crippen molar-refractivity contribution >= 4 is 5.91 Å². The van der Waals surface area contributed by atoms with Crippen molar-refractivity contribution in [1.82, 2.24) is 15.1 Å². The fourth-order valence-corrected chi connectivity index (χ4v) is 3.58. The SMILES string of the molecule is O=C(NC1CCCc2ccccc21)c1ccc(=O)n(Cc2ccccc2)n1. The monoisotopic (exact) mass is 359 g/mol. The van der Waals surface area contributed by atoms with E-state index in [1.54, 1.807) is 0 Å². The van der Waals surface area contributed by atoms with Gasteiger partial charge in [-0.15, -0.1) is 0 Å². The minimum Gasteiger partial charge on any atom is -0.344 e. The van der Waals surface area contributed by atoms with Crippen LogP contribution in [-0.2, 0) is 13.0 Å². The first-order chi connectivity index (χ1) is 13.2. The molecule has 1 aliphatic carbocycles. The summed E-state index contributed by atoms with van der Waals surface area (Å²) in [6.45, 7) is 0.340. The van der Waals surface area contributed by atoms with Crippen molar-refractivity contribution in [1.29, 1.82) is 0 Å². The number of benzene rings is 2. The zero-order valence-electron chi connectivity index (χ0n) is 15.0. The van der Waals surface area contributed by atoms with Crippen molar-refractivity contribution in [2.45, 2.75) is 31.8 Å². The fraction of sp³-hybridized carbons (Fsp3) is 0.227. The molecule has 27 heavy (non-hydrogen) atoms. The molecule has 0 spiro atoms. The number of hydrogen-bond acceptors (Lipinski definition) is 3. The van der Waals surface area contributed by atoms with Gasteiger partial charge in [0.15, 0.2) is 0 Å². The van der Waals surface area contributed by atoms with Crippen LogP contribution >= 0.6 is 0 Å². The van der Waals surface area contributed by atoms with E-state index in [2.05, 4.69) is 22.5 Å². The topological polar surface area (TPSA) is 64.0 Å². The molecule has 0 saturated carbocycles. The van der Waals surface area contributed by atoms with Gasteiger partial charge in [-0.05, 0) is 42.0 Å². The number of hydrogen-bond donors (Lipinski definition) is 1. The first-order valence-corrected chi connectivity index (χ1v) is 9.21. The van der Waals surface area contributed by atoms with Crippen LogP contribution in [0.15, 0.2) is 71.5 Å². The Labute approximate surface area is 157 Å². The van der Waals surface area contributed by atoms with Crippen molar-refractivity contribution in [3.05, 3.63) is 99.5 Å². The van der Waals surface area contributed by atoms with Crippen LogP contribution in [-0.4, -0.2) is 15.7 Å². The second kappa shape index (κ2) is 7.58. The molecule has 5 heteroatoms. The van der Waals surface area contributed by atoms with Crippen LogP contribution in [0.5, 0.6) is 0 Å². The Balaban J connectivity index is 1.55. The van der Waals surface area contributed by atoms with E-state index in [-0.39, 0.29) is 23.2 Å². The highest BCUT2D eigenvalue weighted by atomic mass is 16.2. The maximum atomic E-state index is 12.7. The number of carbonyl (C=O) groups is 1. The summed E-state index contributed by atoms with van der Waals surface area (Å²) < 4.78 is 1.33. The number of nitrogens with one attached hydrogen (secondary N) is 1. The molecule has 3 aromatic rings. The number of fused-ring (bicyclic) bond motifs is 1. The van der Waals surface area contributed by atoms with Crippen molar-refractivity contribution in [2.75, 3.05) is 0 Å². The molecular weight excluding hydrogens is 338 g/mol. The van der Waals surface area contributed by atoms with Gasteiger partial charge in [0.2, 0.25) is 0 Å². The molecule has 0 aliphatic heterocycles. The Hall–Kier alpha value is -3.21. The molecule has 1 aromatic heterocycles. The van der Waals surface area contributed by atoms with Gasteiger partial charge in [-0.1, -0.05) is 54.6 Å². The Bertz CT molecular complexity index is 1010. The molecule has 5 nitrogen and oxygen atoms in total. The van der Waals surface area contributed by atoms with E-state index in [9.17, 15) is 9.59 Å². The minimum atomic E-state index is -0.251. The third-order valence-electron chi connectivity index (χ3n) is 4.95. The zero-order chi connectivity index (χ0) is 18.6. The van der Waals surface area contributed by atoms with Crippen LogP contribution in [0.25, 0.3) is 0 Å². The molecule has 1 amide bonds. The van der Waals surface area contributed by atoms with Gasteiger partial charge in [-0.2, -0.15) is 5.10 Å². The molecular formula is C22H21N3O2. The minimum absolute atomic E-state index is 0.0150. The zero-order valence-corrected chi connectivity index (χ0v) is 15.0. The van der Waals surface area contributed by atoms with E-state index in [1.165, 1.54) is 27.9 Å². The lowest BCUT2D eigenvalue weighted by molar-refractivity contribution is 0.0925. The van der Waals surface area contributed by atoms with Gasteiger partial charge < -0.3 is 5.32 Å². The average molecular weight is 359 g/mol. The van der Waals surface area contributed by atoms with Crippen LogP contribution in [0.2, 0.25) is 0 Å². The summed E-state index contributed by atoms with van der Waals surface area (Å²) in [5.41, 5.74) is 3.46. The molecule has 0 bridgehead atoms. The van der Waals surface area contributed by atoms with E-state index in [1.807, 2.05) is 42.5 Å². The number of aromatic nitrogens is 2. The molecule has 1 N–H and O–H groups in total. The molecule has 136 valence electrons. The van der Waals surface area contributed by atoms with Gasteiger partial charge in [0.25, 0.3) is 11.5 Å². The van der Waals surface area contributed by atoms with Crippen LogP contribution in [0.3, 0.4) is 0 Å². The number of amides is 1. The van der Waals surface area contributed by atoms with Crippen LogP contribution in [0.4, 0.5) is 0 Å². The Morgan fingerprint density at radius 1 is 1.04 bits per heavy atom. The standard InChI is InChI=1S/C22H21N3O2/c26-21-14-13-20(24-25(21)15-16-7-2-1-3-8-16)22(27)23-19-12-6-10-17-9-4-5-11-18(17)19/h1-5,7-9,11,13-14,19H,6,10,12,15H2,(H,23,27). The van der Waals surface area contributed by atoms with Gasteiger partial charge >= 0.3 is 0 Å². The molecule has 1 heterocycles. The van der Waals surface area contributed by atoms with Gasteiger partial charge in [0, 0.05) is 6.07 Å². The largest absolute Gasteiger partial charge is 0.344 e. The molecule has 0 radical (unpaired) electrons. The first kappa shape index (κ1) is 17.2. The van der Waals surface area contributed by atoms with Crippen LogP contribution in [0, 0.1) is 0 Å². The maximum Gasteiger partial charge on any atom is 0.272 e. The predicted molar refractivity (Wildman–Crippen MR) is 104 cm³/mol. The summed E-state index contributed by atoms with van der Waals surface area (Å²) in [4.78, 5) is 24.9. The number of nitrogens with zero attached hydrogens (tertiary/aromatic N) is 2. The summed E-state index contributed by atoms with van der Waals surface area (Å²) in [5.74, 6) is -0.251. The summed E-state index contributed by atoms with van der Waals surface area (Å²) >= 11 is 0. The van der Waals surface area contributed by atoms with Crippen molar-refractivity contribution in [2.24, 2.45) is 0 Å². The fourth-order valence-electron chi connectivity index (χ4n) is 3.58. The third kappa shape index (κ3) is 3.82. The Morgan fingerprint density at radius 2 is 1.81 bits per heavy atom. The summed E-state index contributed by atoms with van der Waals surface area (Å²) in [6.07, 6.45) is 3.00. The van der Waals surface area contributed by atoms with E-state index in [0.29, 0.717) is 6.54 Å². The van der Waals surface area contributed by atoms with Gasteiger partial charge in [-0.25, -0.2) is 4.68 Å². The summed E-state index contributed by atoms with van der Waals surface area (Å²) in [7, 11) is 0. The number of carbonyl (C=O) groups excluding carboxylic acids is 1. The first-order valence-electron chi connectivity index (χ1n) is 9.21. The van der Waals surface area contributed by atoms with E-state index >= 15 is 0 Å². The Morgan fingerprint density at radius 3 is 2.67 bits per heavy atom. The lowest BCUT2D eigenvalue weighted by atomic mass is 9.87. The molecule has 2 aromatic carbocycles. The summed E-state index contributed by atoms with van der Waals surface area (Å²) in [5, 5.41) is 7.37. The van der Waals surface area contributed by atoms with Gasteiger partial charge in [-0.3, -0.25) is 9.59 Å². The normalized spacial score (nSPS) is 15.8. The number of aryl methyl sites for hydroxylation is 1. The van der Waals surface area contributed by atoms with E-state index in [0.717, 1.165) is 24.8 Å². The van der Waals surface area contributed by atoms with E-state index < -0.39 is 0 Å². The smallest absolute Gasteiger partial charge is 0.272 e. The highest BCUT2D eigenvalue weighted by Crippen LogP contribution is 2.29. The second-order valence-corrected chi connectivity index (χ2v) is 6.82. The van der Waals surface area contributed by atoms with Crippen molar-refractivity contribution in [3.63, 3.8) is 0 Å². The predicted octanol–water partition coefficient (Wildman–Crippen LogP) is 3.10. The van der Waals surface area contributed by atoms with E-state index in [4.69, 9.17) is 0 Å². The molecule has 1 atom stereocenters. The molecule has 4 rings (SSSR count). The van der Waals surface area contributed by atoms with Gasteiger partial charge in [0.05, 0.1) is 12.6 Å². The molecule has 0 fully saturated rings. The maximum absolute atomic E-state index is 12.7. The lowest BCUT2D eigenvalue weighted by Crippen LogP contribution is -2.33. The highest BCUT2D eigenvalue weighted by Gasteiger charge is 2.22. The van der Waals surface area contributed by atoms with Crippen LogP contribution < -0.4 is 10.9 Å². The lowest BCUT2D eigenvalue weighted by Gasteiger charge is -2.26. The highest BCUT2D eigenvalue weighted by molar-refractivity contribution is 5.92. The number of rotatable bonds is 4.